The number of rotatable bonds is 5. The molecule has 10 nitrogen and oxygen atoms in total. The third-order valence-corrected chi connectivity index (χ3v) is 3.27. The molecular weight excluding hydrogens is 312 g/mol. The lowest BCUT2D eigenvalue weighted by molar-refractivity contribution is -0.384. The molecule has 0 spiro atoms. The van der Waals surface area contributed by atoms with Crippen molar-refractivity contribution in [2.24, 2.45) is 0 Å². The summed E-state index contributed by atoms with van der Waals surface area (Å²) in [5.74, 6) is -0.972. The lowest BCUT2D eigenvalue weighted by Gasteiger charge is -2.06. The first-order valence-electron chi connectivity index (χ1n) is 5.88. The lowest BCUT2D eigenvalue weighted by Crippen LogP contribution is -2.42. The van der Waals surface area contributed by atoms with Crippen molar-refractivity contribution in [2.45, 2.75) is 5.16 Å². The molecule has 0 bridgehead atoms. The Kier molecular flexibility index (Phi) is 5.03. The highest BCUT2D eigenvalue weighted by Gasteiger charge is 2.10. The number of non-ortho nitro benzene ring substituents is 1. The number of carbonyl (C=O) groups excluding carboxylic acids is 2. The molecule has 1 heterocycles. The number of amides is 2. The predicted molar refractivity (Wildman–Crippen MR) is 75.8 cm³/mol. The van der Waals surface area contributed by atoms with Crippen LogP contribution in [0.15, 0.2) is 35.7 Å². The molecule has 1 aromatic heterocycles. The topological polar surface area (TPSA) is 143 Å². The largest absolute Gasteiger partial charge is 0.272 e. The van der Waals surface area contributed by atoms with Gasteiger partial charge in [0, 0.05) is 17.7 Å². The maximum atomic E-state index is 11.7. The van der Waals surface area contributed by atoms with E-state index in [-0.39, 0.29) is 17.0 Å². The number of nitrogens with one attached hydrogen (secondary N) is 3. The number of nitrogens with zero attached hydrogens (tertiary/aromatic N) is 3. The standard InChI is InChI=1S/C11H10N6O4S/c18-9(5-22-11-12-6-13-16-11)14-15-10(19)7-1-3-8(4-2-7)17(20)21/h1-4,6H,5H2,(H,14,18)(H,15,19)(H,12,13,16). The van der Waals surface area contributed by atoms with Gasteiger partial charge in [-0.05, 0) is 12.1 Å². The van der Waals surface area contributed by atoms with Crippen LogP contribution in [-0.4, -0.2) is 37.7 Å². The highest BCUT2D eigenvalue weighted by molar-refractivity contribution is 7.99. The third-order valence-electron chi connectivity index (χ3n) is 2.39. The molecule has 11 heteroatoms. The fourth-order valence-electron chi connectivity index (χ4n) is 1.37. The zero-order valence-corrected chi connectivity index (χ0v) is 11.8. The molecule has 0 aliphatic rings. The van der Waals surface area contributed by atoms with E-state index >= 15 is 0 Å². The summed E-state index contributed by atoms with van der Waals surface area (Å²) in [6.45, 7) is 0. The Balaban J connectivity index is 1.79. The minimum atomic E-state index is -0.576. The number of aromatic nitrogens is 3. The van der Waals surface area contributed by atoms with Gasteiger partial charge in [-0.3, -0.25) is 35.7 Å². The molecule has 0 radical (unpaired) electrons. The number of benzene rings is 1. The molecule has 0 saturated carbocycles. The number of aromatic amines is 1. The summed E-state index contributed by atoms with van der Waals surface area (Å²) in [4.78, 5) is 37.0. The predicted octanol–water partition coefficient (Wildman–Crippen LogP) is 0.266. The minimum absolute atomic E-state index is 0.0374. The van der Waals surface area contributed by atoms with Crippen molar-refractivity contribution >= 4 is 29.3 Å². The molecule has 2 aromatic rings. The van der Waals surface area contributed by atoms with E-state index in [9.17, 15) is 19.7 Å². The number of nitro benzene ring substituents is 1. The van der Waals surface area contributed by atoms with Crippen LogP contribution in [-0.2, 0) is 4.79 Å². The van der Waals surface area contributed by atoms with Crippen LogP contribution >= 0.6 is 11.8 Å². The molecule has 114 valence electrons. The molecule has 0 unspecified atom stereocenters. The SMILES string of the molecule is O=C(CSc1ncn[nH]1)NNC(=O)c1ccc([N+](=O)[O-])cc1. The van der Waals surface area contributed by atoms with Crippen LogP contribution in [0.3, 0.4) is 0 Å². The second kappa shape index (κ2) is 7.17. The molecule has 3 N–H and O–H groups in total. The molecule has 22 heavy (non-hydrogen) atoms. The molecule has 0 saturated heterocycles. The van der Waals surface area contributed by atoms with Crippen LogP contribution in [0.1, 0.15) is 10.4 Å². The van der Waals surface area contributed by atoms with E-state index in [0.717, 1.165) is 11.8 Å². The number of H-pyrrole nitrogens is 1. The first kappa shape index (κ1) is 15.4. The molecule has 1 aromatic carbocycles. The van der Waals surface area contributed by atoms with E-state index in [4.69, 9.17) is 0 Å². The summed E-state index contributed by atoms with van der Waals surface area (Å²) in [7, 11) is 0. The van der Waals surface area contributed by atoms with Crippen LogP contribution < -0.4 is 10.9 Å². The highest BCUT2D eigenvalue weighted by atomic mass is 32.2. The third kappa shape index (κ3) is 4.28. The summed E-state index contributed by atoms with van der Waals surface area (Å²) in [5.41, 5.74) is 4.50. The molecule has 0 aliphatic heterocycles. The molecule has 2 rings (SSSR count). The van der Waals surface area contributed by atoms with Gasteiger partial charge in [0.1, 0.15) is 6.33 Å². The zero-order chi connectivity index (χ0) is 15.9. The number of nitro groups is 1. The monoisotopic (exact) mass is 322 g/mol. The van der Waals surface area contributed by atoms with Gasteiger partial charge in [-0.25, -0.2) is 4.98 Å². The van der Waals surface area contributed by atoms with Crippen molar-refractivity contribution in [1.82, 2.24) is 26.0 Å². The summed E-state index contributed by atoms with van der Waals surface area (Å²) >= 11 is 1.12. The van der Waals surface area contributed by atoms with E-state index in [1.54, 1.807) is 0 Å². The number of thioether (sulfide) groups is 1. The van der Waals surface area contributed by atoms with Crippen LogP contribution in [0, 0.1) is 10.1 Å². The second-order valence-electron chi connectivity index (χ2n) is 3.89. The number of hydrazine groups is 1. The van der Waals surface area contributed by atoms with Gasteiger partial charge in [-0.2, -0.15) is 5.10 Å². The Labute approximate surface area is 127 Å². The Morgan fingerprint density at radius 2 is 2.00 bits per heavy atom. The van der Waals surface area contributed by atoms with Crippen LogP contribution in [0.5, 0.6) is 0 Å². The number of hydrogen-bond acceptors (Lipinski definition) is 7. The molecule has 0 atom stereocenters. The smallest absolute Gasteiger partial charge is 0.269 e. The Hall–Kier alpha value is -2.95. The summed E-state index contributed by atoms with van der Waals surface area (Å²) in [6, 6.07) is 5.00. The first-order chi connectivity index (χ1) is 10.6. The lowest BCUT2D eigenvalue weighted by atomic mass is 10.2. The Bertz CT molecular complexity index is 672. The second-order valence-corrected chi connectivity index (χ2v) is 4.85. The van der Waals surface area contributed by atoms with E-state index < -0.39 is 16.7 Å². The maximum absolute atomic E-state index is 11.7. The van der Waals surface area contributed by atoms with Gasteiger partial charge in [-0.1, -0.05) is 11.8 Å². The van der Waals surface area contributed by atoms with Crippen molar-refractivity contribution in [3.05, 3.63) is 46.3 Å². The van der Waals surface area contributed by atoms with Gasteiger partial charge >= 0.3 is 0 Å². The van der Waals surface area contributed by atoms with E-state index in [2.05, 4.69) is 26.0 Å². The van der Waals surface area contributed by atoms with Gasteiger partial charge in [0.2, 0.25) is 5.91 Å². The highest BCUT2D eigenvalue weighted by Crippen LogP contribution is 2.11. The van der Waals surface area contributed by atoms with Gasteiger partial charge in [-0.15, -0.1) is 0 Å². The fourth-order valence-corrected chi connectivity index (χ4v) is 1.95. The van der Waals surface area contributed by atoms with Gasteiger partial charge in [0.15, 0.2) is 5.16 Å². The maximum Gasteiger partial charge on any atom is 0.269 e. The Morgan fingerprint density at radius 1 is 1.27 bits per heavy atom. The molecular formula is C11H10N6O4S. The average Bonchev–Trinajstić information content (AvgIpc) is 3.04. The van der Waals surface area contributed by atoms with Crippen molar-refractivity contribution in [1.29, 1.82) is 0 Å². The summed E-state index contributed by atoms with van der Waals surface area (Å²) < 4.78 is 0. The Morgan fingerprint density at radius 3 is 2.59 bits per heavy atom. The number of hydrogen-bond donors (Lipinski definition) is 3. The minimum Gasteiger partial charge on any atom is -0.272 e. The normalized spacial score (nSPS) is 10.0. The van der Waals surface area contributed by atoms with Gasteiger partial charge < -0.3 is 0 Å². The quantitative estimate of drug-likeness (QED) is 0.407. The number of carbonyl (C=O) groups is 2. The molecule has 2 amide bonds. The van der Waals surface area contributed by atoms with Crippen molar-refractivity contribution in [3.8, 4) is 0 Å². The van der Waals surface area contributed by atoms with E-state index in [0.29, 0.717) is 5.16 Å². The van der Waals surface area contributed by atoms with Crippen molar-refractivity contribution in [3.63, 3.8) is 0 Å². The molecule has 0 fully saturated rings. The summed E-state index contributed by atoms with van der Waals surface area (Å²) in [6.07, 6.45) is 1.32. The van der Waals surface area contributed by atoms with Crippen molar-refractivity contribution < 1.29 is 14.5 Å². The van der Waals surface area contributed by atoms with Gasteiger partial charge in [0.25, 0.3) is 11.6 Å². The van der Waals surface area contributed by atoms with Crippen LogP contribution in [0.2, 0.25) is 0 Å². The zero-order valence-electron chi connectivity index (χ0n) is 11.0. The average molecular weight is 322 g/mol. The fraction of sp³-hybridized carbons (Fsp3) is 0.0909. The molecule has 0 aliphatic carbocycles. The van der Waals surface area contributed by atoms with Gasteiger partial charge in [0.05, 0.1) is 10.7 Å². The summed E-state index contributed by atoms with van der Waals surface area (Å²) in [5, 5.41) is 17.2. The van der Waals surface area contributed by atoms with E-state index in [1.807, 2.05) is 0 Å². The van der Waals surface area contributed by atoms with E-state index in [1.165, 1.54) is 30.6 Å². The van der Waals surface area contributed by atoms with Crippen LogP contribution in [0.4, 0.5) is 5.69 Å². The van der Waals surface area contributed by atoms with Crippen LogP contribution in [0.25, 0.3) is 0 Å². The first-order valence-corrected chi connectivity index (χ1v) is 6.86. The van der Waals surface area contributed by atoms with Crippen molar-refractivity contribution in [2.75, 3.05) is 5.75 Å².